The molecule has 76 valence electrons. The largest absolute Gasteiger partial charge is 0.508 e. The molecular weight excluding hydrogens is 188 g/mol. The highest BCUT2D eigenvalue weighted by molar-refractivity contribution is 5.78. The molecule has 3 rings (SSSR count). The number of rotatable bonds is 0. The van der Waals surface area contributed by atoms with Crippen LogP contribution in [0.25, 0.3) is 11.1 Å². The van der Waals surface area contributed by atoms with Gasteiger partial charge >= 0.3 is 0 Å². The van der Waals surface area contributed by atoms with Crippen molar-refractivity contribution in [2.45, 2.75) is 6.42 Å². The summed E-state index contributed by atoms with van der Waals surface area (Å²) in [6.07, 6.45) is 0.859. The number of benzene rings is 2. The molecule has 0 aliphatic heterocycles. The van der Waals surface area contributed by atoms with Gasteiger partial charge in [0.1, 0.15) is 5.75 Å². The van der Waals surface area contributed by atoms with Crippen LogP contribution in [-0.2, 0) is 6.42 Å². The zero-order chi connectivity index (χ0) is 9.54. The van der Waals surface area contributed by atoms with E-state index < -0.39 is 0 Å². The van der Waals surface area contributed by atoms with E-state index in [0.29, 0.717) is 5.75 Å². The molecule has 0 saturated heterocycles. The van der Waals surface area contributed by atoms with Crippen molar-refractivity contribution in [2.24, 2.45) is 0 Å². The molecule has 0 atom stereocenters. The first-order valence-electron chi connectivity index (χ1n) is 4.75. The van der Waals surface area contributed by atoms with E-state index in [1.54, 1.807) is 6.07 Å². The third-order valence-corrected chi connectivity index (χ3v) is 2.83. The molecule has 2 heteroatoms. The zero-order valence-electron chi connectivity index (χ0n) is 8.20. The number of hydrogen-bond donors (Lipinski definition) is 1. The second-order valence-electron chi connectivity index (χ2n) is 3.64. The molecule has 1 aliphatic rings. The van der Waals surface area contributed by atoms with E-state index in [2.05, 4.69) is 18.2 Å². The number of hydrogen-bond acceptors (Lipinski definition) is 1. The highest BCUT2D eigenvalue weighted by Crippen LogP contribution is 2.40. The van der Waals surface area contributed by atoms with Gasteiger partial charge in [0.25, 0.3) is 0 Å². The topological polar surface area (TPSA) is 51.7 Å². The Hall–Kier alpha value is -1.80. The highest BCUT2D eigenvalue weighted by Gasteiger charge is 2.19. The summed E-state index contributed by atoms with van der Waals surface area (Å²) in [5, 5.41) is 9.70. The van der Waals surface area contributed by atoms with Gasteiger partial charge in [0, 0.05) is 12.0 Å². The Kier molecular flexibility index (Phi) is 2.21. The SMILES string of the molecule is O.Oc1cccc2c1Cc1ccccc1-2. The third kappa shape index (κ3) is 1.30. The normalized spacial score (nSPS) is 11.5. The maximum atomic E-state index is 9.70. The second kappa shape index (κ2) is 3.41. The molecule has 0 heterocycles. The van der Waals surface area contributed by atoms with E-state index in [1.807, 2.05) is 18.2 Å². The summed E-state index contributed by atoms with van der Waals surface area (Å²) in [5.74, 6) is 0.415. The van der Waals surface area contributed by atoms with Crippen molar-refractivity contribution in [1.82, 2.24) is 0 Å². The molecule has 0 amide bonds. The molecule has 0 radical (unpaired) electrons. The Morgan fingerprint density at radius 3 is 2.47 bits per heavy atom. The number of phenols is 1. The molecule has 0 spiro atoms. The molecule has 3 N–H and O–H groups in total. The van der Waals surface area contributed by atoms with Crippen molar-refractivity contribution >= 4 is 0 Å². The van der Waals surface area contributed by atoms with E-state index >= 15 is 0 Å². The molecule has 0 unspecified atom stereocenters. The predicted molar refractivity (Wildman–Crippen MR) is 60.0 cm³/mol. The summed E-state index contributed by atoms with van der Waals surface area (Å²) in [5.41, 5.74) is 4.82. The molecule has 0 bridgehead atoms. The molecule has 1 aliphatic carbocycles. The van der Waals surface area contributed by atoms with Gasteiger partial charge in [-0.2, -0.15) is 0 Å². The Bertz CT molecular complexity index is 504. The van der Waals surface area contributed by atoms with E-state index in [4.69, 9.17) is 0 Å². The Morgan fingerprint density at radius 2 is 1.60 bits per heavy atom. The summed E-state index contributed by atoms with van der Waals surface area (Å²) >= 11 is 0. The smallest absolute Gasteiger partial charge is 0.119 e. The van der Waals surface area contributed by atoms with Crippen LogP contribution >= 0.6 is 0 Å². The van der Waals surface area contributed by atoms with Gasteiger partial charge in [0.05, 0.1) is 0 Å². The molecule has 15 heavy (non-hydrogen) atoms. The number of fused-ring (bicyclic) bond motifs is 3. The average molecular weight is 200 g/mol. The van der Waals surface area contributed by atoms with Crippen molar-refractivity contribution in [3.63, 3.8) is 0 Å². The van der Waals surface area contributed by atoms with Gasteiger partial charge in [-0.25, -0.2) is 0 Å². The average Bonchev–Trinajstić information content (AvgIpc) is 2.59. The minimum Gasteiger partial charge on any atom is -0.508 e. The van der Waals surface area contributed by atoms with Crippen LogP contribution in [0.1, 0.15) is 11.1 Å². The van der Waals surface area contributed by atoms with Gasteiger partial charge in [0.2, 0.25) is 0 Å². The summed E-state index contributed by atoms with van der Waals surface area (Å²) < 4.78 is 0. The van der Waals surface area contributed by atoms with Gasteiger partial charge in [-0.1, -0.05) is 36.4 Å². The Labute approximate surface area is 88.1 Å². The van der Waals surface area contributed by atoms with Gasteiger partial charge in [0.15, 0.2) is 0 Å². The fraction of sp³-hybridized carbons (Fsp3) is 0.0769. The second-order valence-corrected chi connectivity index (χ2v) is 3.64. The van der Waals surface area contributed by atoms with Crippen LogP contribution in [0.5, 0.6) is 5.75 Å². The molecular formula is C13H12O2. The number of phenolic OH excluding ortho intramolecular Hbond substituents is 1. The van der Waals surface area contributed by atoms with Crippen molar-refractivity contribution in [3.8, 4) is 16.9 Å². The fourth-order valence-electron chi connectivity index (χ4n) is 2.14. The van der Waals surface area contributed by atoms with Crippen molar-refractivity contribution in [1.29, 1.82) is 0 Å². The molecule has 0 fully saturated rings. The zero-order valence-corrected chi connectivity index (χ0v) is 8.20. The molecule has 2 aromatic rings. The van der Waals surface area contributed by atoms with E-state index in [1.165, 1.54) is 16.7 Å². The lowest BCUT2D eigenvalue weighted by Gasteiger charge is -2.01. The van der Waals surface area contributed by atoms with E-state index in [9.17, 15) is 5.11 Å². The molecule has 2 aromatic carbocycles. The third-order valence-electron chi connectivity index (χ3n) is 2.83. The minimum atomic E-state index is 0. The summed E-state index contributed by atoms with van der Waals surface area (Å²) in [7, 11) is 0. The Morgan fingerprint density at radius 1 is 0.867 bits per heavy atom. The van der Waals surface area contributed by atoms with Gasteiger partial charge in [-0.15, -0.1) is 0 Å². The first-order valence-corrected chi connectivity index (χ1v) is 4.75. The molecule has 0 saturated carbocycles. The first-order chi connectivity index (χ1) is 6.86. The van der Waals surface area contributed by atoms with E-state index in [-0.39, 0.29) is 5.48 Å². The van der Waals surface area contributed by atoms with Crippen molar-refractivity contribution in [3.05, 3.63) is 53.6 Å². The van der Waals surface area contributed by atoms with Crippen LogP contribution in [0, 0.1) is 0 Å². The monoisotopic (exact) mass is 200 g/mol. The van der Waals surface area contributed by atoms with Crippen LogP contribution in [-0.4, -0.2) is 10.6 Å². The van der Waals surface area contributed by atoms with Crippen molar-refractivity contribution in [2.75, 3.05) is 0 Å². The molecule has 2 nitrogen and oxygen atoms in total. The van der Waals surface area contributed by atoms with E-state index in [0.717, 1.165) is 12.0 Å². The fourth-order valence-corrected chi connectivity index (χ4v) is 2.14. The minimum absolute atomic E-state index is 0. The van der Waals surface area contributed by atoms with Crippen LogP contribution in [0.3, 0.4) is 0 Å². The molecule has 0 aromatic heterocycles. The summed E-state index contributed by atoms with van der Waals surface area (Å²) in [6, 6.07) is 14.0. The van der Waals surface area contributed by atoms with Gasteiger partial charge < -0.3 is 10.6 Å². The van der Waals surface area contributed by atoms with Gasteiger partial charge in [-0.05, 0) is 22.8 Å². The number of aromatic hydroxyl groups is 1. The predicted octanol–water partition coefficient (Wildman–Crippen LogP) is 2.14. The van der Waals surface area contributed by atoms with Gasteiger partial charge in [-0.3, -0.25) is 0 Å². The van der Waals surface area contributed by atoms with Crippen LogP contribution in [0.4, 0.5) is 0 Å². The maximum Gasteiger partial charge on any atom is 0.119 e. The summed E-state index contributed by atoms with van der Waals surface area (Å²) in [4.78, 5) is 0. The highest BCUT2D eigenvalue weighted by atomic mass is 16.3. The lowest BCUT2D eigenvalue weighted by molar-refractivity contribution is 0.470. The Balaban J connectivity index is 0.000000853. The lowest BCUT2D eigenvalue weighted by Crippen LogP contribution is -1.80. The first kappa shape index (κ1) is 9.74. The summed E-state index contributed by atoms with van der Waals surface area (Å²) in [6.45, 7) is 0. The van der Waals surface area contributed by atoms with Crippen LogP contribution < -0.4 is 0 Å². The maximum absolute atomic E-state index is 9.70. The quantitative estimate of drug-likeness (QED) is 0.593. The standard InChI is InChI=1S/C13H10O.H2O/c14-13-7-3-6-11-10-5-2-1-4-9(10)8-12(11)13;/h1-7,14H,8H2;1H2. The lowest BCUT2D eigenvalue weighted by atomic mass is 10.1. The van der Waals surface area contributed by atoms with Crippen LogP contribution in [0.15, 0.2) is 42.5 Å². The van der Waals surface area contributed by atoms with Crippen LogP contribution in [0.2, 0.25) is 0 Å². The van der Waals surface area contributed by atoms with Crippen molar-refractivity contribution < 1.29 is 10.6 Å².